The molecular formula is C17H16F3N3O5S. The monoisotopic (exact) mass is 431 g/mol. The van der Waals surface area contributed by atoms with Crippen LogP contribution in [0.15, 0.2) is 52.3 Å². The summed E-state index contributed by atoms with van der Waals surface area (Å²) in [6.45, 7) is 0.114. The maximum Gasteiger partial charge on any atom is 0.573 e. The second-order valence-corrected chi connectivity index (χ2v) is 8.07. The molecule has 1 amide bonds. The Bertz CT molecular complexity index is 1040. The number of pyridine rings is 1. The fourth-order valence-electron chi connectivity index (χ4n) is 2.85. The third-order valence-corrected chi connectivity index (χ3v) is 6.18. The second-order valence-electron chi connectivity index (χ2n) is 6.13. The first kappa shape index (κ1) is 20.9. The van der Waals surface area contributed by atoms with Gasteiger partial charge in [-0.1, -0.05) is 0 Å². The van der Waals surface area contributed by atoms with Crippen molar-refractivity contribution in [3.8, 4) is 5.75 Å². The summed E-state index contributed by atoms with van der Waals surface area (Å²) in [5, 5.41) is 0. The predicted molar refractivity (Wildman–Crippen MR) is 94.9 cm³/mol. The van der Waals surface area contributed by atoms with Gasteiger partial charge < -0.3 is 14.6 Å². The molecule has 1 aliphatic rings. The molecule has 3 rings (SSSR count). The van der Waals surface area contributed by atoms with Crippen LogP contribution in [-0.4, -0.2) is 61.1 Å². The van der Waals surface area contributed by atoms with Crippen LogP contribution in [-0.2, 0) is 10.0 Å². The van der Waals surface area contributed by atoms with Crippen LogP contribution in [0.25, 0.3) is 0 Å². The van der Waals surface area contributed by atoms with Gasteiger partial charge >= 0.3 is 6.36 Å². The third-order valence-electron chi connectivity index (χ3n) is 4.27. The molecule has 0 unspecified atom stereocenters. The van der Waals surface area contributed by atoms with E-state index in [0.717, 1.165) is 28.6 Å². The van der Waals surface area contributed by atoms with E-state index in [1.54, 1.807) is 0 Å². The average Bonchev–Trinajstić information content (AvgIpc) is 2.67. The minimum absolute atomic E-state index is 0.0143. The van der Waals surface area contributed by atoms with Gasteiger partial charge in [0.15, 0.2) is 0 Å². The van der Waals surface area contributed by atoms with Gasteiger partial charge in [-0.3, -0.25) is 9.59 Å². The van der Waals surface area contributed by atoms with Crippen LogP contribution in [0, 0.1) is 0 Å². The van der Waals surface area contributed by atoms with E-state index in [2.05, 4.69) is 9.72 Å². The molecule has 0 aliphatic carbocycles. The van der Waals surface area contributed by atoms with E-state index >= 15 is 0 Å². The molecule has 156 valence electrons. The average molecular weight is 431 g/mol. The zero-order valence-electron chi connectivity index (χ0n) is 14.8. The van der Waals surface area contributed by atoms with Gasteiger partial charge in [0.25, 0.3) is 11.5 Å². The Hall–Kier alpha value is -2.86. The fourth-order valence-corrected chi connectivity index (χ4v) is 4.28. The molecule has 2 aromatic rings. The van der Waals surface area contributed by atoms with Crippen LogP contribution >= 0.6 is 0 Å². The first-order valence-corrected chi connectivity index (χ1v) is 9.85. The number of H-pyrrole nitrogens is 1. The number of rotatable bonds is 4. The number of nitrogens with zero attached hydrogens (tertiary/aromatic N) is 2. The van der Waals surface area contributed by atoms with Crippen LogP contribution in [0.4, 0.5) is 13.2 Å². The summed E-state index contributed by atoms with van der Waals surface area (Å²) in [6.07, 6.45) is -3.47. The lowest BCUT2D eigenvalue weighted by Gasteiger charge is -2.33. The third kappa shape index (κ3) is 4.77. The molecule has 0 bridgehead atoms. The van der Waals surface area contributed by atoms with Gasteiger partial charge in [-0.15, -0.1) is 13.2 Å². The lowest BCUT2D eigenvalue weighted by atomic mass is 10.2. The first-order chi connectivity index (χ1) is 13.6. The Morgan fingerprint density at radius 2 is 1.66 bits per heavy atom. The van der Waals surface area contributed by atoms with Crippen molar-refractivity contribution >= 4 is 15.9 Å². The summed E-state index contributed by atoms with van der Waals surface area (Å²) in [5.74, 6) is -1.03. The number of aromatic amines is 1. The Labute approximate surface area is 163 Å². The summed E-state index contributed by atoms with van der Waals surface area (Å²) in [6, 6.07) is 6.79. The van der Waals surface area contributed by atoms with E-state index in [-0.39, 0.29) is 36.6 Å². The molecule has 1 N–H and O–H groups in total. The van der Waals surface area contributed by atoms with Crippen molar-refractivity contribution in [2.24, 2.45) is 0 Å². The number of halogens is 3. The summed E-state index contributed by atoms with van der Waals surface area (Å²) in [5.41, 5.74) is -0.572. The Morgan fingerprint density at radius 1 is 1.03 bits per heavy atom. The molecule has 1 aromatic carbocycles. The number of aromatic nitrogens is 1. The molecule has 8 nitrogen and oxygen atoms in total. The topological polar surface area (TPSA) is 99.8 Å². The van der Waals surface area contributed by atoms with Crippen molar-refractivity contribution in [2.75, 3.05) is 26.2 Å². The lowest BCUT2D eigenvalue weighted by Crippen LogP contribution is -2.51. The van der Waals surface area contributed by atoms with E-state index < -0.39 is 33.6 Å². The van der Waals surface area contributed by atoms with Gasteiger partial charge in [-0.05, 0) is 36.4 Å². The predicted octanol–water partition coefficient (Wildman–Crippen LogP) is 1.42. The number of benzene rings is 1. The summed E-state index contributed by atoms with van der Waals surface area (Å²) < 4.78 is 66.9. The summed E-state index contributed by atoms with van der Waals surface area (Å²) in [4.78, 5) is 27.8. The van der Waals surface area contributed by atoms with E-state index in [9.17, 15) is 31.2 Å². The quantitative estimate of drug-likeness (QED) is 0.790. The van der Waals surface area contributed by atoms with E-state index in [1.807, 2.05) is 0 Å². The van der Waals surface area contributed by atoms with Crippen LogP contribution in [0.2, 0.25) is 0 Å². The van der Waals surface area contributed by atoms with E-state index in [0.29, 0.717) is 0 Å². The first-order valence-electron chi connectivity index (χ1n) is 8.41. The molecule has 1 aromatic heterocycles. The molecule has 0 radical (unpaired) electrons. The van der Waals surface area contributed by atoms with Crippen LogP contribution in [0.3, 0.4) is 0 Å². The SMILES string of the molecule is O=C(c1ccc[nH]c1=O)N1CCN(S(=O)(=O)c2ccc(OC(F)(F)F)cc2)CC1. The molecule has 0 spiro atoms. The zero-order valence-corrected chi connectivity index (χ0v) is 15.7. The highest BCUT2D eigenvalue weighted by Gasteiger charge is 2.33. The molecule has 0 saturated carbocycles. The molecule has 29 heavy (non-hydrogen) atoms. The van der Waals surface area contributed by atoms with Crippen molar-refractivity contribution in [2.45, 2.75) is 11.3 Å². The van der Waals surface area contributed by atoms with Gasteiger partial charge in [-0.2, -0.15) is 4.31 Å². The van der Waals surface area contributed by atoms with Crippen molar-refractivity contribution in [3.63, 3.8) is 0 Å². The van der Waals surface area contributed by atoms with Crippen LogP contribution in [0.5, 0.6) is 5.75 Å². The van der Waals surface area contributed by atoms with Crippen LogP contribution < -0.4 is 10.3 Å². The van der Waals surface area contributed by atoms with Crippen molar-refractivity contribution in [1.82, 2.24) is 14.2 Å². The largest absolute Gasteiger partial charge is 0.573 e. The van der Waals surface area contributed by atoms with Gasteiger partial charge in [0.05, 0.1) is 4.90 Å². The smallest absolute Gasteiger partial charge is 0.406 e. The minimum Gasteiger partial charge on any atom is -0.406 e. The number of hydrogen-bond donors (Lipinski definition) is 1. The highest BCUT2D eigenvalue weighted by molar-refractivity contribution is 7.89. The Kier molecular flexibility index (Phi) is 5.66. The number of alkyl halides is 3. The number of piperazine rings is 1. The number of carbonyl (C=O) groups excluding carboxylic acids is 1. The normalized spacial score (nSPS) is 15.9. The molecule has 2 heterocycles. The molecule has 1 saturated heterocycles. The van der Waals surface area contributed by atoms with Gasteiger partial charge in [0.1, 0.15) is 11.3 Å². The fraction of sp³-hybridized carbons (Fsp3) is 0.294. The highest BCUT2D eigenvalue weighted by atomic mass is 32.2. The maximum absolute atomic E-state index is 12.7. The highest BCUT2D eigenvalue weighted by Crippen LogP contribution is 2.25. The molecular weight excluding hydrogens is 415 g/mol. The number of hydrogen-bond acceptors (Lipinski definition) is 5. The van der Waals surface area contributed by atoms with Crippen LogP contribution in [0.1, 0.15) is 10.4 Å². The van der Waals surface area contributed by atoms with Gasteiger partial charge in [0, 0.05) is 32.4 Å². The number of amides is 1. The summed E-state index contributed by atoms with van der Waals surface area (Å²) in [7, 11) is -3.95. The van der Waals surface area contributed by atoms with Crippen molar-refractivity contribution < 1.29 is 31.1 Å². The number of nitrogens with one attached hydrogen (secondary N) is 1. The van der Waals surface area contributed by atoms with Crippen molar-refractivity contribution in [3.05, 3.63) is 58.5 Å². The summed E-state index contributed by atoms with van der Waals surface area (Å²) >= 11 is 0. The minimum atomic E-state index is -4.87. The van der Waals surface area contributed by atoms with Gasteiger partial charge in [-0.25, -0.2) is 8.42 Å². The van der Waals surface area contributed by atoms with Gasteiger partial charge in [0.2, 0.25) is 10.0 Å². The maximum atomic E-state index is 12.7. The molecule has 0 atom stereocenters. The number of sulfonamides is 1. The lowest BCUT2D eigenvalue weighted by molar-refractivity contribution is -0.274. The number of carbonyl (C=O) groups is 1. The van der Waals surface area contributed by atoms with E-state index in [1.165, 1.54) is 23.2 Å². The Morgan fingerprint density at radius 3 is 2.21 bits per heavy atom. The number of ether oxygens (including phenoxy) is 1. The standard InChI is InChI=1S/C17H16F3N3O5S/c18-17(19,20)28-12-3-5-13(6-4-12)29(26,27)23-10-8-22(9-11-23)16(25)14-2-1-7-21-15(14)24/h1-7H,8-11H2,(H,21,24). The molecule has 12 heteroatoms. The second kappa shape index (κ2) is 7.87. The van der Waals surface area contributed by atoms with E-state index in [4.69, 9.17) is 0 Å². The molecule has 1 fully saturated rings. The Balaban J connectivity index is 1.67. The zero-order chi connectivity index (χ0) is 21.2. The molecule has 1 aliphatic heterocycles. The van der Waals surface area contributed by atoms with Crippen molar-refractivity contribution in [1.29, 1.82) is 0 Å².